The minimum atomic E-state index is -0.317. The van der Waals surface area contributed by atoms with Crippen LogP contribution < -0.4 is 5.32 Å². The summed E-state index contributed by atoms with van der Waals surface area (Å²) in [6.45, 7) is 4.06. The molecule has 0 saturated carbocycles. The van der Waals surface area contributed by atoms with Crippen molar-refractivity contribution in [1.82, 2.24) is 9.97 Å². The van der Waals surface area contributed by atoms with Gasteiger partial charge in [0.05, 0.1) is 11.3 Å². The first-order valence-electron chi connectivity index (χ1n) is 7.30. The van der Waals surface area contributed by atoms with E-state index in [9.17, 15) is 9.59 Å². The first-order valence-corrected chi connectivity index (χ1v) is 7.68. The van der Waals surface area contributed by atoms with Crippen molar-refractivity contribution < 1.29 is 9.59 Å². The molecule has 0 bridgehead atoms. The minimum Gasteiger partial charge on any atom is -0.294 e. The number of fused-ring (bicyclic) bond motifs is 1. The number of amides is 1. The Balaban J connectivity index is 1.83. The van der Waals surface area contributed by atoms with E-state index in [1.807, 2.05) is 13.8 Å². The summed E-state index contributed by atoms with van der Waals surface area (Å²) >= 11 is 5.81. The molecule has 1 aliphatic carbocycles. The summed E-state index contributed by atoms with van der Waals surface area (Å²) in [6.07, 6.45) is 2.66. The average molecular weight is 330 g/mol. The molecule has 0 radical (unpaired) electrons. The van der Waals surface area contributed by atoms with Gasteiger partial charge in [0.25, 0.3) is 5.91 Å². The molecular weight excluding hydrogens is 314 g/mol. The highest BCUT2D eigenvalue weighted by Crippen LogP contribution is 2.33. The van der Waals surface area contributed by atoms with Crippen LogP contribution in [0.3, 0.4) is 0 Å². The third kappa shape index (κ3) is 3.40. The van der Waals surface area contributed by atoms with Crippen molar-refractivity contribution in [3.63, 3.8) is 0 Å². The summed E-state index contributed by atoms with van der Waals surface area (Å²) < 4.78 is 0. The Bertz CT molecular complexity index is 785. The molecule has 5 nitrogen and oxygen atoms in total. The number of aromatic nitrogens is 2. The van der Waals surface area contributed by atoms with Crippen molar-refractivity contribution >= 4 is 29.2 Å². The van der Waals surface area contributed by atoms with Gasteiger partial charge < -0.3 is 0 Å². The molecule has 1 N–H and O–H groups in total. The molecule has 0 unspecified atom stereocenters. The van der Waals surface area contributed by atoms with Gasteiger partial charge in [0.15, 0.2) is 5.78 Å². The maximum absolute atomic E-state index is 12.2. The molecule has 0 saturated heterocycles. The molecule has 1 aromatic heterocycles. The first kappa shape index (κ1) is 15.6. The number of hydrogen-bond acceptors (Lipinski definition) is 4. The fourth-order valence-electron chi connectivity index (χ4n) is 2.67. The summed E-state index contributed by atoms with van der Waals surface area (Å²) in [4.78, 5) is 32.7. The topological polar surface area (TPSA) is 72.0 Å². The van der Waals surface area contributed by atoms with Crippen LogP contribution in [-0.4, -0.2) is 21.7 Å². The van der Waals surface area contributed by atoms with Gasteiger partial charge in [-0.05, 0) is 36.1 Å². The smallest absolute Gasteiger partial charge is 0.258 e. The van der Waals surface area contributed by atoms with Gasteiger partial charge in [0, 0.05) is 23.2 Å². The van der Waals surface area contributed by atoms with Gasteiger partial charge in [0.2, 0.25) is 5.95 Å². The summed E-state index contributed by atoms with van der Waals surface area (Å²) in [5, 5.41) is 3.22. The summed E-state index contributed by atoms with van der Waals surface area (Å²) in [5.74, 6) is -0.0657. The average Bonchev–Trinajstić information content (AvgIpc) is 2.46. The Morgan fingerprint density at radius 3 is 2.61 bits per heavy atom. The van der Waals surface area contributed by atoms with Crippen molar-refractivity contribution in [2.45, 2.75) is 26.7 Å². The van der Waals surface area contributed by atoms with Gasteiger partial charge in [0.1, 0.15) is 0 Å². The van der Waals surface area contributed by atoms with Crippen molar-refractivity contribution in [3.8, 4) is 0 Å². The summed E-state index contributed by atoms with van der Waals surface area (Å²) in [6, 6.07) is 6.54. The predicted molar refractivity (Wildman–Crippen MR) is 87.9 cm³/mol. The van der Waals surface area contributed by atoms with Crippen molar-refractivity contribution in [3.05, 3.63) is 52.3 Å². The number of ketones is 1. The molecule has 0 spiro atoms. The van der Waals surface area contributed by atoms with E-state index in [4.69, 9.17) is 11.6 Å². The molecule has 118 valence electrons. The van der Waals surface area contributed by atoms with E-state index < -0.39 is 0 Å². The molecule has 1 heterocycles. The molecule has 1 aliphatic rings. The number of Topliss-reactive ketones (excluding diaryl/α,β-unsaturated/α-hetero) is 1. The van der Waals surface area contributed by atoms with Crippen molar-refractivity contribution in [2.24, 2.45) is 5.41 Å². The number of nitrogens with one attached hydrogen (secondary N) is 1. The molecule has 1 aromatic carbocycles. The second-order valence-electron chi connectivity index (χ2n) is 6.46. The van der Waals surface area contributed by atoms with E-state index in [-0.39, 0.29) is 23.1 Å². The molecule has 0 aliphatic heterocycles. The number of carbonyl (C=O) groups excluding carboxylic acids is 2. The van der Waals surface area contributed by atoms with Gasteiger partial charge in [-0.2, -0.15) is 0 Å². The van der Waals surface area contributed by atoms with Crippen LogP contribution >= 0.6 is 11.6 Å². The zero-order chi connectivity index (χ0) is 16.6. The zero-order valence-electron chi connectivity index (χ0n) is 12.9. The van der Waals surface area contributed by atoms with Crippen molar-refractivity contribution in [1.29, 1.82) is 0 Å². The third-order valence-corrected chi connectivity index (χ3v) is 4.04. The molecule has 2 aromatic rings. The molecule has 3 rings (SSSR count). The lowest BCUT2D eigenvalue weighted by Crippen LogP contribution is -2.28. The molecule has 1 amide bonds. The van der Waals surface area contributed by atoms with Gasteiger partial charge in [-0.25, -0.2) is 9.97 Å². The van der Waals surface area contributed by atoms with E-state index in [1.54, 1.807) is 24.3 Å². The van der Waals surface area contributed by atoms with Crippen LogP contribution in [0.5, 0.6) is 0 Å². The number of carbonyl (C=O) groups is 2. The lowest BCUT2D eigenvalue weighted by Gasteiger charge is -2.29. The summed E-state index contributed by atoms with van der Waals surface area (Å²) in [5.41, 5.74) is 1.57. The predicted octanol–water partition coefficient (Wildman–Crippen LogP) is 3.54. The van der Waals surface area contributed by atoms with Gasteiger partial charge in [-0.3, -0.25) is 14.9 Å². The number of benzene rings is 1. The van der Waals surface area contributed by atoms with Crippen LogP contribution in [0.2, 0.25) is 5.02 Å². The quantitative estimate of drug-likeness (QED) is 0.914. The fraction of sp³-hybridized carbons (Fsp3) is 0.294. The highest BCUT2D eigenvalue weighted by Gasteiger charge is 2.32. The lowest BCUT2D eigenvalue weighted by atomic mass is 9.76. The number of rotatable bonds is 2. The van der Waals surface area contributed by atoms with Crippen LogP contribution in [0.15, 0.2) is 30.5 Å². The largest absolute Gasteiger partial charge is 0.294 e. The normalized spacial score (nSPS) is 15.9. The first-order chi connectivity index (χ1) is 10.8. The molecule has 0 fully saturated rings. The number of nitrogens with zero attached hydrogens (tertiary/aromatic N) is 2. The number of halogens is 1. The summed E-state index contributed by atoms with van der Waals surface area (Å²) in [7, 11) is 0. The molecular formula is C17H16ClN3O2. The highest BCUT2D eigenvalue weighted by molar-refractivity contribution is 6.30. The van der Waals surface area contributed by atoms with Crippen LogP contribution in [0, 0.1) is 5.41 Å². The Morgan fingerprint density at radius 1 is 1.22 bits per heavy atom. The van der Waals surface area contributed by atoms with E-state index >= 15 is 0 Å². The third-order valence-electron chi connectivity index (χ3n) is 3.78. The standard InChI is InChI=1S/C17H16ClN3O2/c1-17(2)7-13-12(14(22)8-17)9-19-16(20-13)21-15(23)10-3-5-11(18)6-4-10/h3-6,9H,7-8H2,1-2H3,(H,19,20,21,23). The van der Waals surface area contributed by atoms with Gasteiger partial charge in [-0.1, -0.05) is 25.4 Å². The van der Waals surface area contributed by atoms with Crippen LogP contribution in [-0.2, 0) is 6.42 Å². The number of anilines is 1. The molecule has 23 heavy (non-hydrogen) atoms. The second-order valence-corrected chi connectivity index (χ2v) is 6.89. The maximum atomic E-state index is 12.2. The van der Waals surface area contributed by atoms with E-state index in [0.717, 1.165) is 0 Å². The van der Waals surface area contributed by atoms with Crippen LogP contribution in [0.4, 0.5) is 5.95 Å². The highest BCUT2D eigenvalue weighted by atomic mass is 35.5. The molecule has 6 heteroatoms. The number of hydrogen-bond donors (Lipinski definition) is 1. The Morgan fingerprint density at radius 2 is 1.91 bits per heavy atom. The molecule has 0 atom stereocenters. The zero-order valence-corrected chi connectivity index (χ0v) is 13.6. The van der Waals surface area contributed by atoms with E-state index in [2.05, 4.69) is 15.3 Å². The van der Waals surface area contributed by atoms with Crippen molar-refractivity contribution in [2.75, 3.05) is 5.32 Å². The van der Waals surface area contributed by atoms with E-state index in [0.29, 0.717) is 34.7 Å². The Labute approximate surface area is 139 Å². The fourth-order valence-corrected chi connectivity index (χ4v) is 2.79. The van der Waals surface area contributed by atoms with Gasteiger partial charge >= 0.3 is 0 Å². The van der Waals surface area contributed by atoms with Crippen LogP contribution in [0.25, 0.3) is 0 Å². The van der Waals surface area contributed by atoms with Gasteiger partial charge in [-0.15, -0.1) is 0 Å². The van der Waals surface area contributed by atoms with E-state index in [1.165, 1.54) is 6.20 Å². The monoisotopic (exact) mass is 329 g/mol. The van der Waals surface area contributed by atoms with Crippen LogP contribution in [0.1, 0.15) is 46.7 Å². The Kier molecular flexibility index (Phi) is 3.90. The maximum Gasteiger partial charge on any atom is 0.258 e. The Hall–Kier alpha value is -2.27. The second kappa shape index (κ2) is 5.74. The minimum absolute atomic E-state index is 0.0480. The lowest BCUT2D eigenvalue weighted by molar-refractivity contribution is 0.0909. The SMILES string of the molecule is CC1(C)CC(=O)c2cnc(NC(=O)c3ccc(Cl)cc3)nc2C1.